The van der Waals surface area contributed by atoms with Crippen molar-refractivity contribution in [3.63, 3.8) is 0 Å². The van der Waals surface area contributed by atoms with E-state index in [2.05, 4.69) is 60.6 Å². The second-order valence-corrected chi connectivity index (χ2v) is 15.4. The van der Waals surface area contributed by atoms with E-state index >= 15 is 0 Å². The van der Waals surface area contributed by atoms with Crippen molar-refractivity contribution < 1.29 is 4.79 Å². The van der Waals surface area contributed by atoms with Crippen molar-refractivity contribution in [2.45, 2.75) is 99.8 Å². The number of ketones is 1. The second-order valence-electron chi connectivity index (χ2n) is 15.4. The summed E-state index contributed by atoms with van der Waals surface area (Å²) in [6, 6.07) is 2.29. The zero-order chi connectivity index (χ0) is 25.8. The lowest BCUT2D eigenvalue weighted by Gasteiger charge is -2.73. The van der Waals surface area contributed by atoms with E-state index in [-0.39, 0.29) is 33.4 Å². The van der Waals surface area contributed by atoms with E-state index in [9.17, 15) is 10.1 Å². The van der Waals surface area contributed by atoms with Crippen molar-refractivity contribution in [1.82, 2.24) is 0 Å². The van der Waals surface area contributed by atoms with Crippen LogP contribution in [-0.4, -0.2) is 12.3 Å². The molecule has 4 saturated carbocycles. The molecular weight excluding hydrogens is 428 g/mol. The van der Waals surface area contributed by atoms with Crippen molar-refractivity contribution in [1.29, 1.82) is 5.26 Å². The minimum atomic E-state index is -0.496. The van der Waals surface area contributed by atoms with E-state index < -0.39 is 5.41 Å². The van der Waals surface area contributed by atoms with E-state index in [1.54, 1.807) is 0 Å². The van der Waals surface area contributed by atoms with Gasteiger partial charge in [-0.25, -0.2) is 0 Å². The molecule has 2 N–H and O–H groups in total. The number of nitrogens with two attached hydrogens (primary N) is 1. The third-order valence-electron chi connectivity index (χ3n) is 13.2. The fourth-order valence-electron chi connectivity index (χ4n) is 11.0. The maximum atomic E-state index is 13.2. The van der Waals surface area contributed by atoms with Gasteiger partial charge in [0.1, 0.15) is 6.07 Å². The molecule has 192 valence electrons. The minimum Gasteiger partial charge on any atom is -0.330 e. The number of hydrogen-bond acceptors (Lipinski definition) is 3. The number of carbonyl (C=O) groups is 1. The molecule has 5 aliphatic rings. The third-order valence-corrected chi connectivity index (χ3v) is 13.2. The average molecular weight is 477 g/mol. The third kappa shape index (κ3) is 3.02. The van der Waals surface area contributed by atoms with E-state index in [0.29, 0.717) is 28.7 Å². The monoisotopic (exact) mass is 476 g/mol. The molecule has 35 heavy (non-hydrogen) atoms. The van der Waals surface area contributed by atoms with Crippen molar-refractivity contribution >= 4 is 5.78 Å². The van der Waals surface area contributed by atoms with Gasteiger partial charge in [0.15, 0.2) is 5.78 Å². The first-order valence-corrected chi connectivity index (χ1v) is 14.2. The van der Waals surface area contributed by atoms with Gasteiger partial charge in [0.05, 0.1) is 5.57 Å². The Morgan fingerprint density at radius 2 is 1.66 bits per heavy atom. The number of carbonyl (C=O) groups excluding carboxylic acids is 1. The number of nitriles is 1. The standard InChI is InChI=1S/C32H48N2O/c1-20-15-24-29(6)16-21(18-33)26(35)28(4,5)23(29)9-10-30(24,7)31(8)12-14-32(19-34)13-11-27(2,3)17-22(32)25(20)31/h16,22-25H,1,9-15,17,19,34H2,2-8H3/t22?,23?,24-,25?,29+,30-,31-,32-/m1/s1. The first-order valence-electron chi connectivity index (χ1n) is 14.2. The Morgan fingerprint density at radius 1 is 1.00 bits per heavy atom. The van der Waals surface area contributed by atoms with Crippen molar-refractivity contribution in [3.05, 3.63) is 23.8 Å². The Bertz CT molecular complexity index is 1040. The van der Waals surface area contributed by atoms with Crippen LogP contribution < -0.4 is 5.73 Å². The highest BCUT2D eigenvalue weighted by Gasteiger charge is 2.70. The van der Waals surface area contributed by atoms with E-state index in [4.69, 9.17) is 12.3 Å². The molecule has 0 heterocycles. The quantitative estimate of drug-likeness (QED) is 0.406. The van der Waals surface area contributed by atoms with Crippen molar-refractivity contribution in [3.8, 4) is 6.07 Å². The summed E-state index contributed by atoms with van der Waals surface area (Å²) in [6.45, 7) is 22.3. The highest BCUT2D eigenvalue weighted by Crippen LogP contribution is 2.77. The summed E-state index contributed by atoms with van der Waals surface area (Å²) in [5.41, 5.74) is 8.70. The zero-order valence-electron chi connectivity index (χ0n) is 23.4. The molecule has 0 aromatic rings. The van der Waals surface area contributed by atoms with Gasteiger partial charge in [-0.2, -0.15) is 5.26 Å². The molecule has 0 aromatic carbocycles. The molecule has 0 radical (unpaired) electrons. The maximum absolute atomic E-state index is 13.2. The Balaban J connectivity index is 1.63. The topological polar surface area (TPSA) is 66.9 Å². The molecule has 0 aromatic heterocycles. The van der Waals surface area contributed by atoms with Gasteiger partial charge in [-0.3, -0.25) is 4.79 Å². The number of hydrogen-bond donors (Lipinski definition) is 1. The Kier molecular flexibility index (Phi) is 5.30. The van der Waals surface area contributed by atoms with Gasteiger partial charge in [-0.05, 0) is 109 Å². The predicted molar refractivity (Wildman–Crippen MR) is 142 cm³/mol. The van der Waals surface area contributed by atoms with Crippen molar-refractivity contribution in [2.75, 3.05) is 6.54 Å². The normalized spacial score (nSPS) is 50.1. The van der Waals surface area contributed by atoms with Crippen LogP contribution in [0.3, 0.4) is 0 Å². The summed E-state index contributed by atoms with van der Waals surface area (Å²) in [5, 5.41) is 9.91. The largest absolute Gasteiger partial charge is 0.330 e. The van der Waals surface area contributed by atoms with Crippen LogP contribution in [0, 0.1) is 67.5 Å². The van der Waals surface area contributed by atoms with Gasteiger partial charge in [0, 0.05) is 5.41 Å². The summed E-state index contributed by atoms with van der Waals surface area (Å²) in [4.78, 5) is 13.2. The number of nitrogens with zero attached hydrogens (tertiary/aromatic N) is 1. The highest BCUT2D eigenvalue weighted by molar-refractivity contribution is 6.04. The van der Waals surface area contributed by atoms with Gasteiger partial charge >= 0.3 is 0 Å². The van der Waals surface area contributed by atoms with Crippen LogP contribution in [0.25, 0.3) is 0 Å². The van der Waals surface area contributed by atoms with Crippen LogP contribution in [0.2, 0.25) is 0 Å². The number of rotatable bonds is 1. The van der Waals surface area contributed by atoms with Gasteiger partial charge in [-0.15, -0.1) is 0 Å². The van der Waals surface area contributed by atoms with Gasteiger partial charge in [-0.1, -0.05) is 66.7 Å². The molecule has 0 saturated heterocycles. The summed E-state index contributed by atoms with van der Waals surface area (Å²) < 4.78 is 0. The van der Waals surface area contributed by atoms with E-state index in [1.165, 1.54) is 37.7 Å². The predicted octanol–water partition coefficient (Wildman–Crippen LogP) is 7.23. The second kappa shape index (κ2) is 7.34. The molecule has 3 unspecified atom stereocenters. The smallest absolute Gasteiger partial charge is 0.178 e. The summed E-state index contributed by atoms with van der Waals surface area (Å²) >= 11 is 0. The Hall–Kier alpha value is -1.40. The Labute approximate surface area is 214 Å². The van der Waals surface area contributed by atoms with Gasteiger partial charge in [0.25, 0.3) is 0 Å². The molecule has 3 heteroatoms. The van der Waals surface area contributed by atoms with Crippen LogP contribution in [0.1, 0.15) is 99.8 Å². The molecule has 0 aliphatic heterocycles. The molecule has 4 fully saturated rings. The molecule has 0 spiro atoms. The van der Waals surface area contributed by atoms with Crippen LogP contribution in [-0.2, 0) is 4.79 Å². The number of Topliss-reactive ketones (excluding diaryl/α,β-unsaturated/α-hetero) is 1. The van der Waals surface area contributed by atoms with Crippen molar-refractivity contribution in [2.24, 2.45) is 61.9 Å². The molecular formula is C32H48N2O. The van der Waals surface area contributed by atoms with Crippen LogP contribution in [0.5, 0.6) is 0 Å². The van der Waals surface area contributed by atoms with Crippen LogP contribution in [0.4, 0.5) is 0 Å². The van der Waals surface area contributed by atoms with E-state index in [0.717, 1.165) is 25.8 Å². The summed E-state index contributed by atoms with van der Waals surface area (Å²) in [7, 11) is 0. The lowest BCUT2D eigenvalue weighted by molar-refractivity contribution is -0.210. The number of allylic oxidation sites excluding steroid dienone is 3. The molecule has 0 bridgehead atoms. The lowest BCUT2D eigenvalue weighted by atomic mass is 9.31. The molecule has 0 amide bonds. The van der Waals surface area contributed by atoms with Crippen LogP contribution in [0.15, 0.2) is 23.8 Å². The Morgan fingerprint density at radius 3 is 2.29 bits per heavy atom. The first kappa shape index (κ1) is 25.3. The molecule has 8 atom stereocenters. The maximum Gasteiger partial charge on any atom is 0.178 e. The van der Waals surface area contributed by atoms with E-state index in [1.807, 2.05) is 0 Å². The average Bonchev–Trinajstić information content (AvgIpc) is 2.77. The lowest BCUT2D eigenvalue weighted by Crippen LogP contribution is -2.67. The fraction of sp³-hybridized carbons (Fsp3) is 0.812. The van der Waals surface area contributed by atoms with Gasteiger partial charge in [0.2, 0.25) is 0 Å². The molecule has 5 rings (SSSR count). The molecule has 5 aliphatic carbocycles. The van der Waals surface area contributed by atoms with Gasteiger partial charge < -0.3 is 5.73 Å². The minimum absolute atomic E-state index is 0.0413. The first-order chi connectivity index (χ1) is 16.1. The molecule has 3 nitrogen and oxygen atoms in total. The zero-order valence-corrected chi connectivity index (χ0v) is 23.4. The highest BCUT2D eigenvalue weighted by atomic mass is 16.1. The summed E-state index contributed by atoms with van der Waals surface area (Å²) in [6.07, 6.45) is 11.6. The SMILES string of the molecule is C=C1C[C@@H]2[C@@]3(C)C=C(C#N)C(=O)C(C)(C)C3CC[C@@]2(C)[C@]2(C)CC[C@@]3(CN)CCC(C)(C)CC3C12. The van der Waals surface area contributed by atoms with Crippen LogP contribution >= 0.6 is 0 Å². The number of fused-ring (bicyclic) bond motifs is 7. The fourth-order valence-corrected chi connectivity index (χ4v) is 11.0. The summed E-state index contributed by atoms with van der Waals surface area (Å²) in [5.74, 6) is 1.84.